The molecule has 3 N–H and O–H groups in total. The Hall–Kier alpha value is -0.850. The summed E-state index contributed by atoms with van der Waals surface area (Å²) in [6.07, 6.45) is 1.96. The fourth-order valence-electron chi connectivity index (χ4n) is 1.80. The van der Waals surface area contributed by atoms with Crippen LogP contribution in [0.5, 0.6) is 0 Å². The number of hydrogen-bond donors (Lipinski definition) is 2. The third-order valence-corrected chi connectivity index (χ3v) is 3.16. The molecule has 0 radical (unpaired) electrons. The number of aliphatic hydroxyl groups excluding tert-OH is 1. The zero-order valence-electron chi connectivity index (χ0n) is 10.8. The van der Waals surface area contributed by atoms with E-state index in [4.69, 9.17) is 15.2 Å². The molecule has 6 nitrogen and oxygen atoms in total. The molecule has 0 aromatic rings. The maximum atomic E-state index is 9.70. The van der Waals surface area contributed by atoms with Crippen LogP contribution in [0.2, 0.25) is 0 Å². The van der Waals surface area contributed by atoms with Gasteiger partial charge in [0, 0.05) is 19.7 Å². The molecule has 0 amide bonds. The molecule has 1 saturated heterocycles. The summed E-state index contributed by atoms with van der Waals surface area (Å²) in [5, 5.41) is 9.70. The first-order valence-corrected chi connectivity index (χ1v) is 6.64. The smallest absolute Gasteiger partial charge is 0.191 e. The Morgan fingerprint density at radius 1 is 1.44 bits per heavy atom. The molecule has 2 fully saturated rings. The number of nitrogens with two attached hydrogens (primary N) is 1. The van der Waals surface area contributed by atoms with E-state index >= 15 is 0 Å². The summed E-state index contributed by atoms with van der Waals surface area (Å²) in [6, 6.07) is 0. The van der Waals surface area contributed by atoms with Crippen molar-refractivity contribution in [2.24, 2.45) is 16.6 Å². The second-order valence-electron chi connectivity index (χ2n) is 4.93. The van der Waals surface area contributed by atoms with Gasteiger partial charge in [-0.3, -0.25) is 4.99 Å². The highest BCUT2D eigenvalue weighted by atomic mass is 16.5. The van der Waals surface area contributed by atoms with Crippen LogP contribution in [0.1, 0.15) is 12.8 Å². The van der Waals surface area contributed by atoms with Crippen LogP contribution in [0.4, 0.5) is 0 Å². The summed E-state index contributed by atoms with van der Waals surface area (Å²) in [4.78, 5) is 6.17. The normalized spacial score (nSPS) is 23.2. The molecular weight excluding hydrogens is 234 g/mol. The van der Waals surface area contributed by atoms with Crippen molar-refractivity contribution in [1.82, 2.24) is 4.90 Å². The van der Waals surface area contributed by atoms with Crippen LogP contribution in [-0.4, -0.2) is 68.1 Å². The minimum atomic E-state index is -0.566. The second kappa shape index (κ2) is 6.92. The molecule has 1 aliphatic heterocycles. The number of morpholine rings is 1. The van der Waals surface area contributed by atoms with E-state index in [1.807, 2.05) is 4.90 Å². The Balaban J connectivity index is 1.60. The summed E-state index contributed by atoms with van der Waals surface area (Å²) < 4.78 is 10.6. The molecule has 0 aromatic heterocycles. The van der Waals surface area contributed by atoms with E-state index in [1.54, 1.807) is 0 Å². The van der Waals surface area contributed by atoms with Gasteiger partial charge in [0.2, 0.25) is 0 Å². The van der Waals surface area contributed by atoms with Gasteiger partial charge < -0.3 is 25.2 Å². The second-order valence-corrected chi connectivity index (χ2v) is 4.93. The Morgan fingerprint density at radius 3 is 2.83 bits per heavy atom. The van der Waals surface area contributed by atoms with Gasteiger partial charge in [0.15, 0.2) is 5.96 Å². The zero-order chi connectivity index (χ0) is 12.8. The SMILES string of the molecule is NC(=NCC(O)COCC1CC1)N1CCOCC1. The molecule has 0 bridgehead atoms. The Labute approximate surface area is 108 Å². The molecule has 18 heavy (non-hydrogen) atoms. The Kier molecular flexibility index (Phi) is 5.22. The van der Waals surface area contributed by atoms with E-state index in [-0.39, 0.29) is 0 Å². The van der Waals surface area contributed by atoms with Gasteiger partial charge in [-0.05, 0) is 18.8 Å². The van der Waals surface area contributed by atoms with Crippen LogP contribution in [0, 0.1) is 5.92 Å². The quantitative estimate of drug-likeness (QED) is 0.491. The number of aliphatic hydroxyl groups is 1. The van der Waals surface area contributed by atoms with Gasteiger partial charge in [0.1, 0.15) is 0 Å². The van der Waals surface area contributed by atoms with Crippen molar-refractivity contribution in [3.8, 4) is 0 Å². The molecule has 0 spiro atoms. The molecule has 1 saturated carbocycles. The molecule has 104 valence electrons. The molecule has 2 rings (SSSR count). The zero-order valence-corrected chi connectivity index (χ0v) is 10.8. The highest BCUT2D eigenvalue weighted by molar-refractivity contribution is 5.78. The minimum Gasteiger partial charge on any atom is -0.389 e. The van der Waals surface area contributed by atoms with Crippen LogP contribution < -0.4 is 5.73 Å². The third-order valence-electron chi connectivity index (χ3n) is 3.16. The first kappa shape index (κ1) is 13.6. The van der Waals surface area contributed by atoms with Crippen LogP contribution in [0.25, 0.3) is 0 Å². The van der Waals surface area contributed by atoms with Crippen molar-refractivity contribution in [2.45, 2.75) is 18.9 Å². The van der Waals surface area contributed by atoms with Crippen molar-refractivity contribution in [1.29, 1.82) is 0 Å². The maximum Gasteiger partial charge on any atom is 0.191 e. The lowest BCUT2D eigenvalue weighted by atomic mass is 10.4. The number of nitrogens with zero attached hydrogens (tertiary/aromatic N) is 2. The van der Waals surface area contributed by atoms with Gasteiger partial charge in [-0.2, -0.15) is 0 Å². The lowest BCUT2D eigenvalue weighted by molar-refractivity contribution is 0.0364. The number of aliphatic imine (C=N–C) groups is 1. The van der Waals surface area contributed by atoms with E-state index in [0.717, 1.165) is 25.6 Å². The van der Waals surface area contributed by atoms with Gasteiger partial charge in [0.25, 0.3) is 0 Å². The standard InChI is InChI=1S/C12H23N3O3/c13-12(15-3-5-17-6-4-15)14-7-11(16)9-18-8-10-1-2-10/h10-11,16H,1-9H2,(H2,13,14). The fraction of sp³-hybridized carbons (Fsp3) is 0.917. The van der Waals surface area contributed by atoms with Gasteiger partial charge in [-0.1, -0.05) is 0 Å². The van der Waals surface area contributed by atoms with E-state index < -0.39 is 6.10 Å². The number of guanidine groups is 1. The monoisotopic (exact) mass is 257 g/mol. The number of hydrogen-bond acceptors (Lipinski definition) is 4. The number of rotatable bonds is 6. The first-order valence-electron chi connectivity index (χ1n) is 6.64. The van der Waals surface area contributed by atoms with Crippen LogP contribution in [-0.2, 0) is 9.47 Å². The fourth-order valence-corrected chi connectivity index (χ4v) is 1.80. The van der Waals surface area contributed by atoms with Crippen molar-refractivity contribution in [3.63, 3.8) is 0 Å². The van der Waals surface area contributed by atoms with Crippen molar-refractivity contribution >= 4 is 5.96 Å². The highest BCUT2D eigenvalue weighted by Gasteiger charge is 2.21. The van der Waals surface area contributed by atoms with Gasteiger partial charge in [0.05, 0.1) is 32.5 Å². The summed E-state index contributed by atoms with van der Waals surface area (Å²) in [7, 11) is 0. The first-order chi connectivity index (χ1) is 8.75. The molecule has 1 unspecified atom stereocenters. The van der Waals surface area contributed by atoms with Crippen molar-refractivity contribution < 1.29 is 14.6 Å². The predicted octanol–water partition coefficient (Wildman–Crippen LogP) is -0.579. The topological polar surface area (TPSA) is 80.3 Å². The van der Waals surface area contributed by atoms with Gasteiger partial charge >= 0.3 is 0 Å². The number of ether oxygens (including phenoxy) is 2. The molecule has 6 heteroatoms. The lowest BCUT2D eigenvalue weighted by Crippen LogP contribution is -2.45. The van der Waals surface area contributed by atoms with E-state index in [0.29, 0.717) is 32.3 Å². The van der Waals surface area contributed by atoms with E-state index in [9.17, 15) is 5.11 Å². The van der Waals surface area contributed by atoms with Crippen LogP contribution in [0.15, 0.2) is 4.99 Å². The Morgan fingerprint density at radius 2 is 2.17 bits per heavy atom. The van der Waals surface area contributed by atoms with Crippen LogP contribution in [0.3, 0.4) is 0 Å². The molecule has 0 aromatic carbocycles. The summed E-state index contributed by atoms with van der Waals surface area (Å²) in [5.74, 6) is 1.21. The average Bonchev–Trinajstić information content (AvgIpc) is 3.21. The molecule has 1 aliphatic carbocycles. The lowest BCUT2D eigenvalue weighted by Gasteiger charge is -2.27. The summed E-state index contributed by atoms with van der Waals surface area (Å²) >= 11 is 0. The largest absolute Gasteiger partial charge is 0.389 e. The summed E-state index contributed by atoms with van der Waals surface area (Å²) in [6.45, 7) is 4.31. The molecule has 1 atom stereocenters. The van der Waals surface area contributed by atoms with Crippen LogP contribution >= 0.6 is 0 Å². The third kappa shape index (κ3) is 4.80. The average molecular weight is 257 g/mol. The van der Waals surface area contributed by atoms with E-state index in [1.165, 1.54) is 12.8 Å². The Bertz CT molecular complexity index is 276. The van der Waals surface area contributed by atoms with Gasteiger partial charge in [-0.15, -0.1) is 0 Å². The van der Waals surface area contributed by atoms with E-state index in [2.05, 4.69) is 4.99 Å². The molecular formula is C12H23N3O3. The van der Waals surface area contributed by atoms with Gasteiger partial charge in [-0.25, -0.2) is 0 Å². The molecule has 1 heterocycles. The predicted molar refractivity (Wildman–Crippen MR) is 68.4 cm³/mol. The highest BCUT2D eigenvalue weighted by Crippen LogP contribution is 2.28. The van der Waals surface area contributed by atoms with Crippen molar-refractivity contribution in [3.05, 3.63) is 0 Å². The summed E-state index contributed by atoms with van der Waals surface area (Å²) in [5.41, 5.74) is 5.85. The van der Waals surface area contributed by atoms with Crippen molar-refractivity contribution in [2.75, 3.05) is 46.1 Å². The minimum absolute atomic E-state index is 0.299. The molecule has 2 aliphatic rings. The maximum absolute atomic E-state index is 9.70.